The van der Waals surface area contributed by atoms with E-state index in [2.05, 4.69) is 18.4 Å². The van der Waals surface area contributed by atoms with Gasteiger partial charge in [0.25, 0.3) is 0 Å². The molecule has 0 spiro atoms. The summed E-state index contributed by atoms with van der Waals surface area (Å²) in [5.74, 6) is 0.317. The van der Waals surface area contributed by atoms with Crippen LogP contribution in [0.2, 0.25) is 0 Å². The van der Waals surface area contributed by atoms with Crippen molar-refractivity contribution < 1.29 is 23.7 Å². The normalized spacial score (nSPS) is 13.1. The van der Waals surface area contributed by atoms with Crippen molar-refractivity contribution in [1.29, 1.82) is 0 Å². The number of rotatable bonds is 8. The third-order valence-electron chi connectivity index (χ3n) is 2.70. The van der Waals surface area contributed by atoms with Crippen LogP contribution in [0, 0.1) is 11.3 Å². The highest BCUT2D eigenvalue weighted by molar-refractivity contribution is 7.46. The molecule has 6 heteroatoms. The van der Waals surface area contributed by atoms with Crippen LogP contribution in [0.25, 0.3) is 0 Å². The highest BCUT2D eigenvalue weighted by Crippen LogP contribution is 2.36. The molecular weight excluding hydrogens is 243 g/mol. The Hall–Kier alpha value is -0.220. The summed E-state index contributed by atoms with van der Waals surface area (Å²) < 4.78 is 14.7. The average molecular weight is 266 g/mol. The van der Waals surface area contributed by atoms with Gasteiger partial charge in [-0.05, 0) is 12.3 Å². The van der Waals surface area contributed by atoms with Crippen molar-refractivity contribution in [3.63, 3.8) is 0 Å². The first-order valence-electron chi connectivity index (χ1n) is 5.78. The fraction of sp³-hybridized carbons (Fsp3) is 0.909. The molecule has 0 amide bonds. The van der Waals surface area contributed by atoms with Gasteiger partial charge in [0, 0.05) is 5.41 Å². The van der Waals surface area contributed by atoms with Gasteiger partial charge >= 0.3 is 7.82 Å². The van der Waals surface area contributed by atoms with Gasteiger partial charge in [-0.1, -0.05) is 40.5 Å². The van der Waals surface area contributed by atoms with Gasteiger partial charge in [0.1, 0.15) is 6.61 Å². The number of phosphoric acid groups is 1. The second-order valence-corrected chi connectivity index (χ2v) is 6.60. The van der Waals surface area contributed by atoms with E-state index in [4.69, 9.17) is 9.79 Å². The van der Waals surface area contributed by atoms with Crippen LogP contribution < -0.4 is 0 Å². The first-order chi connectivity index (χ1) is 7.54. The Kier molecular flexibility index (Phi) is 6.56. The third-order valence-corrected chi connectivity index (χ3v) is 3.17. The lowest BCUT2D eigenvalue weighted by Crippen LogP contribution is -2.28. The van der Waals surface area contributed by atoms with E-state index in [0.717, 1.165) is 12.8 Å². The Balaban J connectivity index is 4.11. The predicted octanol–water partition coefficient (Wildman–Crippen LogP) is 2.52. The molecule has 2 N–H and O–H groups in total. The minimum atomic E-state index is -4.55. The largest absolute Gasteiger partial charge is 0.470 e. The third kappa shape index (κ3) is 8.50. The average Bonchev–Trinajstić information content (AvgIpc) is 2.11. The van der Waals surface area contributed by atoms with Gasteiger partial charge < -0.3 is 9.79 Å². The summed E-state index contributed by atoms with van der Waals surface area (Å²) in [4.78, 5) is 28.8. The summed E-state index contributed by atoms with van der Waals surface area (Å²) in [6.45, 7) is 7.26. The molecule has 0 aliphatic rings. The predicted molar refractivity (Wildman–Crippen MR) is 65.5 cm³/mol. The van der Waals surface area contributed by atoms with Gasteiger partial charge in [-0.2, -0.15) is 0 Å². The standard InChI is InChI=1S/C11H23O5P/c1-9(2)6-5-7-11(3,4)10(12)8-16-17(13,14)15/h9H,5-8H2,1-4H3,(H2,13,14,15). The van der Waals surface area contributed by atoms with E-state index in [0.29, 0.717) is 12.3 Å². The van der Waals surface area contributed by atoms with Gasteiger partial charge in [-0.15, -0.1) is 0 Å². The molecule has 0 radical (unpaired) electrons. The topological polar surface area (TPSA) is 83.8 Å². The van der Waals surface area contributed by atoms with E-state index in [1.807, 2.05) is 0 Å². The van der Waals surface area contributed by atoms with Crippen LogP contribution in [-0.2, 0) is 13.9 Å². The van der Waals surface area contributed by atoms with Crippen molar-refractivity contribution in [2.45, 2.75) is 47.0 Å². The molecule has 0 saturated carbocycles. The fourth-order valence-corrected chi connectivity index (χ4v) is 1.72. The van der Waals surface area contributed by atoms with Gasteiger partial charge in [0.2, 0.25) is 0 Å². The molecule has 0 atom stereocenters. The van der Waals surface area contributed by atoms with Crippen LogP contribution in [-0.4, -0.2) is 22.2 Å². The molecule has 17 heavy (non-hydrogen) atoms. The molecule has 0 aromatic heterocycles. The molecule has 0 fully saturated rings. The Labute approximate surface area is 103 Å². The Morgan fingerprint density at radius 3 is 2.29 bits per heavy atom. The minimum Gasteiger partial charge on any atom is -0.303 e. The molecule has 0 aromatic rings. The number of phosphoric ester groups is 1. The van der Waals surface area contributed by atoms with Crippen LogP contribution in [0.1, 0.15) is 47.0 Å². The van der Waals surface area contributed by atoms with Gasteiger partial charge in [0.05, 0.1) is 0 Å². The van der Waals surface area contributed by atoms with Gasteiger partial charge in [-0.25, -0.2) is 4.57 Å². The molecule has 0 aliphatic carbocycles. The number of carbonyl (C=O) groups excluding carboxylic acids is 1. The SMILES string of the molecule is CC(C)CCCC(C)(C)C(=O)COP(=O)(O)O. The van der Waals surface area contributed by atoms with Crippen LogP contribution in [0.15, 0.2) is 0 Å². The maximum absolute atomic E-state index is 11.7. The molecule has 5 nitrogen and oxygen atoms in total. The van der Waals surface area contributed by atoms with E-state index < -0.39 is 19.8 Å². The summed E-state index contributed by atoms with van der Waals surface area (Å²) in [5.41, 5.74) is -0.593. The summed E-state index contributed by atoms with van der Waals surface area (Å²) in [5, 5.41) is 0. The first kappa shape index (κ1) is 16.8. The number of hydrogen-bond acceptors (Lipinski definition) is 3. The highest BCUT2D eigenvalue weighted by Gasteiger charge is 2.29. The molecular formula is C11H23O5P. The quantitative estimate of drug-likeness (QED) is 0.659. The van der Waals surface area contributed by atoms with Crippen molar-refractivity contribution in [2.24, 2.45) is 11.3 Å². The lowest BCUT2D eigenvalue weighted by Gasteiger charge is -2.23. The molecule has 0 bridgehead atoms. The lowest BCUT2D eigenvalue weighted by molar-refractivity contribution is -0.130. The highest BCUT2D eigenvalue weighted by atomic mass is 31.2. The fourth-order valence-electron chi connectivity index (χ4n) is 1.43. The van der Waals surface area contributed by atoms with Crippen molar-refractivity contribution in [3.8, 4) is 0 Å². The van der Waals surface area contributed by atoms with E-state index in [1.165, 1.54) is 0 Å². The molecule has 0 aromatic carbocycles. The van der Waals surface area contributed by atoms with Crippen molar-refractivity contribution in [3.05, 3.63) is 0 Å². The van der Waals surface area contributed by atoms with Crippen molar-refractivity contribution in [2.75, 3.05) is 6.61 Å². The second-order valence-electron chi connectivity index (χ2n) is 5.36. The van der Waals surface area contributed by atoms with Crippen LogP contribution in [0.4, 0.5) is 0 Å². The minimum absolute atomic E-state index is 0.274. The lowest BCUT2D eigenvalue weighted by atomic mass is 9.82. The van der Waals surface area contributed by atoms with E-state index in [1.54, 1.807) is 13.8 Å². The maximum atomic E-state index is 11.7. The Bertz CT molecular complexity index is 292. The zero-order valence-corrected chi connectivity index (χ0v) is 11.9. The molecule has 0 unspecified atom stereocenters. The van der Waals surface area contributed by atoms with Crippen molar-refractivity contribution in [1.82, 2.24) is 0 Å². The van der Waals surface area contributed by atoms with Gasteiger partial charge in [-0.3, -0.25) is 9.32 Å². The van der Waals surface area contributed by atoms with E-state index in [-0.39, 0.29) is 5.78 Å². The molecule has 0 aliphatic heterocycles. The summed E-state index contributed by atoms with van der Waals surface area (Å²) in [6, 6.07) is 0. The summed E-state index contributed by atoms with van der Waals surface area (Å²) >= 11 is 0. The van der Waals surface area contributed by atoms with E-state index >= 15 is 0 Å². The zero-order valence-electron chi connectivity index (χ0n) is 11.0. The van der Waals surface area contributed by atoms with Gasteiger partial charge in [0.15, 0.2) is 5.78 Å². The number of hydrogen-bond donors (Lipinski definition) is 2. The number of Topliss-reactive ketones (excluding diaryl/α,β-unsaturated/α-hetero) is 1. The Morgan fingerprint density at radius 2 is 1.88 bits per heavy atom. The van der Waals surface area contributed by atoms with Crippen LogP contribution >= 0.6 is 7.82 Å². The molecule has 0 heterocycles. The first-order valence-corrected chi connectivity index (χ1v) is 7.31. The smallest absolute Gasteiger partial charge is 0.303 e. The second kappa shape index (κ2) is 6.64. The summed E-state index contributed by atoms with van der Waals surface area (Å²) in [6.07, 6.45) is 2.66. The Morgan fingerprint density at radius 1 is 1.35 bits per heavy atom. The molecule has 0 rings (SSSR count). The zero-order chi connectivity index (χ0) is 13.7. The number of ketones is 1. The monoisotopic (exact) mass is 266 g/mol. The maximum Gasteiger partial charge on any atom is 0.470 e. The van der Waals surface area contributed by atoms with Crippen molar-refractivity contribution >= 4 is 13.6 Å². The number of carbonyl (C=O) groups is 1. The molecule has 102 valence electrons. The van der Waals surface area contributed by atoms with Crippen LogP contribution in [0.3, 0.4) is 0 Å². The van der Waals surface area contributed by atoms with E-state index in [9.17, 15) is 9.36 Å². The van der Waals surface area contributed by atoms with Crippen LogP contribution in [0.5, 0.6) is 0 Å². The summed E-state index contributed by atoms with van der Waals surface area (Å²) in [7, 11) is -4.55. The molecule has 0 saturated heterocycles.